The van der Waals surface area contributed by atoms with E-state index in [9.17, 15) is 0 Å². The molecule has 1 N–H and O–H groups in total. The molecule has 3 atom stereocenters. The first-order chi connectivity index (χ1) is 9.06. The molecule has 3 rings (SSSR count). The summed E-state index contributed by atoms with van der Waals surface area (Å²) < 4.78 is 0. The number of benzene rings is 1. The van der Waals surface area contributed by atoms with E-state index in [2.05, 4.69) is 56.4 Å². The van der Waals surface area contributed by atoms with Gasteiger partial charge in [0, 0.05) is 13.1 Å². The van der Waals surface area contributed by atoms with Crippen LogP contribution in [0, 0.1) is 22.7 Å². The van der Waals surface area contributed by atoms with Gasteiger partial charge in [0.05, 0.1) is 0 Å². The molecular weight excluding hydrogens is 230 g/mol. The minimum Gasteiger partial charge on any atom is -0.312 e. The predicted molar refractivity (Wildman–Crippen MR) is 80.9 cm³/mol. The van der Waals surface area contributed by atoms with E-state index in [0.717, 1.165) is 18.4 Å². The lowest BCUT2D eigenvalue weighted by molar-refractivity contribution is 0.0853. The van der Waals surface area contributed by atoms with Crippen LogP contribution in [-0.2, 0) is 6.54 Å². The van der Waals surface area contributed by atoms with Crippen LogP contribution >= 0.6 is 0 Å². The number of rotatable bonds is 4. The molecule has 0 aromatic heterocycles. The van der Waals surface area contributed by atoms with Crippen LogP contribution in [0.3, 0.4) is 0 Å². The van der Waals surface area contributed by atoms with Gasteiger partial charge in [0.2, 0.25) is 0 Å². The van der Waals surface area contributed by atoms with Gasteiger partial charge in [-0.15, -0.1) is 0 Å². The molecule has 19 heavy (non-hydrogen) atoms. The zero-order chi connectivity index (χ0) is 13.5. The number of nitrogens with one attached hydrogen (secondary N) is 1. The molecule has 1 aromatic carbocycles. The van der Waals surface area contributed by atoms with Crippen LogP contribution in [0.1, 0.15) is 45.6 Å². The van der Waals surface area contributed by atoms with Crippen LogP contribution in [0.25, 0.3) is 0 Å². The summed E-state index contributed by atoms with van der Waals surface area (Å²) in [6, 6.07) is 10.8. The fraction of sp³-hybridized carbons (Fsp3) is 0.667. The molecule has 1 aromatic rings. The highest BCUT2D eigenvalue weighted by atomic mass is 14.9. The number of hydrogen-bond acceptors (Lipinski definition) is 1. The van der Waals surface area contributed by atoms with Gasteiger partial charge in [-0.2, -0.15) is 0 Å². The van der Waals surface area contributed by atoms with Crippen molar-refractivity contribution in [1.82, 2.24) is 5.32 Å². The van der Waals surface area contributed by atoms with Crippen LogP contribution in [0.2, 0.25) is 0 Å². The third-order valence-corrected chi connectivity index (χ3v) is 6.44. The van der Waals surface area contributed by atoms with Gasteiger partial charge >= 0.3 is 0 Å². The minimum absolute atomic E-state index is 0.524. The molecule has 0 aliphatic heterocycles. The summed E-state index contributed by atoms with van der Waals surface area (Å²) >= 11 is 0. The smallest absolute Gasteiger partial charge is 0.0205 e. The highest BCUT2D eigenvalue weighted by Gasteiger charge is 2.61. The molecule has 1 heteroatoms. The molecule has 2 unspecified atom stereocenters. The first-order valence-corrected chi connectivity index (χ1v) is 7.81. The number of hydrogen-bond donors (Lipinski definition) is 1. The highest BCUT2D eigenvalue weighted by molar-refractivity contribution is 5.15. The quantitative estimate of drug-likeness (QED) is 0.850. The number of fused-ring (bicyclic) bond motifs is 2. The Morgan fingerprint density at radius 3 is 2.53 bits per heavy atom. The predicted octanol–water partition coefficient (Wildman–Crippen LogP) is 4.24. The van der Waals surface area contributed by atoms with Crippen molar-refractivity contribution in [3.8, 4) is 0 Å². The molecule has 2 bridgehead atoms. The molecule has 0 saturated heterocycles. The van der Waals surface area contributed by atoms with Crippen molar-refractivity contribution in [3.05, 3.63) is 35.9 Å². The van der Waals surface area contributed by atoms with Crippen molar-refractivity contribution in [1.29, 1.82) is 0 Å². The van der Waals surface area contributed by atoms with Gasteiger partial charge in [-0.3, -0.25) is 0 Å². The summed E-state index contributed by atoms with van der Waals surface area (Å²) in [7, 11) is 0. The summed E-state index contributed by atoms with van der Waals surface area (Å²) in [5, 5.41) is 3.75. The van der Waals surface area contributed by atoms with Crippen molar-refractivity contribution in [3.63, 3.8) is 0 Å². The van der Waals surface area contributed by atoms with Crippen molar-refractivity contribution in [2.75, 3.05) is 6.54 Å². The summed E-state index contributed by atoms with van der Waals surface area (Å²) in [5.74, 6) is 1.84. The van der Waals surface area contributed by atoms with Crippen molar-refractivity contribution >= 4 is 0 Å². The topological polar surface area (TPSA) is 12.0 Å². The highest BCUT2D eigenvalue weighted by Crippen LogP contribution is 2.67. The molecule has 2 saturated carbocycles. The fourth-order valence-electron chi connectivity index (χ4n) is 4.98. The normalized spacial score (nSPS) is 35.7. The molecule has 1 nitrogen and oxygen atoms in total. The Morgan fingerprint density at radius 1 is 1.21 bits per heavy atom. The Morgan fingerprint density at radius 2 is 1.95 bits per heavy atom. The van der Waals surface area contributed by atoms with Gasteiger partial charge in [-0.25, -0.2) is 0 Å². The SMILES string of the molecule is C[C@@H]1CC2CCC1(CNCc1ccccc1)C2(C)C. The monoisotopic (exact) mass is 257 g/mol. The second kappa shape index (κ2) is 4.63. The molecule has 104 valence electrons. The molecular formula is C18H27N. The zero-order valence-corrected chi connectivity index (χ0v) is 12.6. The van der Waals surface area contributed by atoms with Gasteiger partial charge in [-0.05, 0) is 47.5 Å². The van der Waals surface area contributed by atoms with Crippen LogP contribution in [0.15, 0.2) is 30.3 Å². The standard InChI is InChI=1S/C18H27N/c1-14-11-16-9-10-18(14,17(16,2)3)13-19-12-15-7-5-4-6-8-15/h4-8,14,16,19H,9-13H2,1-3H3/t14-,16?,18?/m1/s1. The van der Waals surface area contributed by atoms with E-state index in [4.69, 9.17) is 0 Å². The molecule has 0 spiro atoms. The Bertz CT molecular complexity index is 436. The van der Waals surface area contributed by atoms with Crippen molar-refractivity contribution < 1.29 is 0 Å². The van der Waals surface area contributed by atoms with Gasteiger partial charge in [0.1, 0.15) is 0 Å². The van der Waals surface area contributed by atoms with Crippen molar-refractivity contribution in [2.45, 2.75) is 46.6 Å². The maximum Gasteiger partial charge on any atom is 0.0205 e. The van der Waals surface area contributed by atoms with E-state index in [1.807, 2.05) is 0 Å². The maximum atomic E-state index is 3.75. The Hall–Kier alpha value is -0.820. The van der Waals surface area contributed by atoms with E-state index in [1.165, 1.54) is 31.4 Å². The Labute approximate surface area is 117 Å². The van der Waals surface area contributed by atoms with Crippen LogP contribution < -0.4 is 5.32 Å². The van der Waals surface area contributed by atoms with E-state index >= 15 is 0 Å². The van der Waals surface area contributed by atoms with Crippen LogP contribution in [-0.4, -0.2) is 6.54 Å². The summed E-state index contributed by atoms with van der Waals surface area (Å²) in [6.07, 6.45) is 4.32. The zero-order valence-electron chi connectivity index (χ0n) is 12.6. The second-order valence-corrected chi connectivity index (χ2v) is 7.34. The first-order valence-electron chi connectivity index (χ1n) is 7.81. The molecule has 0 heterocycles. The third kappa shape index (κ3) is 1.94. The summed E-state index contributed by atoms with van der Waals surface area (Å²) in [5.41, 5.74) is 2.46. The largest absolute Gasteiger partial charge is 0.312 e. The Kier molecular flexibility index (Phi) is 3.21. The molecule has 0 amide bonds. The van der Waals surface area contributed by atoms with E-state index in [0.29, 0.717) is 10.8 Å². The van der Waals surface area contributed by atoms with Gasteiger partial charge < -0.3 is 5.32 Å². The van der Waals surface area contributed by atoms with Crippen LogP contribution in [0.5, 0.6) is 0 Å². The Balaban J connectivity index is 1.66. The average Bonchev–Trinajstić information content (AvgIpc) is 2.74. The summed E-state index contributed by atoms with van der Waals surface area (Å²) in [4.78, 5) is 0. The van der Waals surface area contributed by atoms with E-state index in [-0.39, 0.29) is 0 Å². The minimum atomic E-state index is 0.524. The van der Waals surface area contributed by atoms with Gasteiger partial charge in [-0.1, -0.05) is 51.1 Å². The lowest BCUT2D eigenvalue weighted by Crippen LogP contribution is -2.43. The first kappa shape index (κ1) is 13.2. The van der Waals surface area contributed by atoms with Crippen molar-refractivity contribution in [2.24, 2.45) is 22.7 Å². The molecule has 0 radical (unpaired) electrons. The van der Waals surface area contributed by atoms with Gasteiger partial charge in [0.15, 0.2) is 0 Å². The lowest BCUT2D eigenvalue weighted by Gasteiger charge is -2.42. The maximum absolute atomic E-state index is 3.75. The van der Waals surface area contributed by atoms with E-state index in [1.54, 1.807) is 0 Å². The summed E-state index contributed by atoms with van der Waals surface area (Å²) in [6.45, 7) is 9.70. The van der Waals surface area contributed by atoms with Gasteiger partial charge in [0.25, 0.3) is 0 Å². The van der Waals surface area contributed by atoms with E-state index < -0.39 is 0 Å². The molecule has 2 aliphatic rings. The molecule has 2 fully saturated rings. The van der Waals surface area contributed by atoms with Crippen LogP contribution in [0.4, 0.5) is 0 Å². The third-order valence-electron chi connectivity index (χ3n) is 6.44. The molecule has 2 aliphatic carbocycles. The second-order valence-electron chi connectivity index (χ2n) is 7.34. The fourth-order valence-corrected chi connectivity index (χ4v) is 4.98. The average molecular weight is 257 g/mol. The lowest BCUT2D eigenvalue weighted by atomic mass is 9.65.